The van der Waals surface area contributed by atoms with E-state index in [0.717, 1.165) is 62.4 Å². The van der Waals surface area contributed by atoms with Gasteiger partial charge in [0.25, 0.3) is 5.91 Å². The third kappa shape index (κ3) is 4.79. The van der Waals surface area contributed by atoms with Gasteiger partial charge in [-0.2, -0.15) is 0 Å². The lowest BCUT2D eigenvalue weighted by molar-refractivity contribution is 0.0342. The number of nitrogens with one attached hydrogen (secondary N) is 2. The molecule has 0 bridgehead atoms. The zero-order chi connectivity index (χ0) is 22.8. The van der Waals surface area contributed by atoms with Gasteiger partial charge in [-0.1, -0.05) is 0 Å². The molecule has 0 spiro atoms. The van der Waals surface area contributed by atoms with Crippen molar-refractivity contribution in [2.45, 2.75) is 26.3 Å². The number of pyridine rings is 1. The zero-order valence-corrected chi connectivity index (χ0v) is 19.0. The normalized spacial score (nSPS) is 16.9. The van der Waals surface area contributed by atoms with E-state index < -0.39 is 0 Å². The Morgan fingerprint density at radius 1 is 1.03 bits per heavy atom. The van der Waals surface area contributed by atoms with E-state index in [4.69, 9.17) is 4.74 Å². The minimum atomic E-state index is -0.132. The monoisotopic (exact) mass is 446 g/mol. The van der Waals surface area contributed by atoms with Crippen LogP contribution in [0.3, 0.4) is 0 Å². The Morgan fingerprint density at radius 3 is 2.61 bits per heavy atom. The number of H-pyrrole nitrogens is 1. The standard InChI is InChI=1S/C26H30N4O3/c1-18-14-25(31)28-23-6-5-21(16-22(18)23)27-26(32)19-4-7-24(30-8-2-3-9-30)20(15-19)17-29-10-12-33-13-11-29/h4-7,14-16H,2-3,8-13,17H2,1H3,(H,27,32)(H,28,31). The van der Waals surface area contributed by atoms with Gasteiger partial charge in [0.1, 0.15) is 0 Å². The maximum atomic E-state index is 13.2. The van der Waals surface area contributed by atoms with Gasteiger partial charge in [-0.15, -0.1) is 0 Å². The number of hydrogen-bond acceptors (Lipinski definition) is 5. The first-order chi connectivity index (χ1) is 16.1. The van der Waals surface area contributed by atoms with Crippen LogP contribution in [-0.2, 0) is 11.3 Å². The second kappa shape index (κ2) is 9.37. The predicted octanol–water partition coefficient (Wildman–Crippen LogP) is 3.52. The summed E-state index contributed by atoms with van der Waals surface area (Å²) in [6.07, 6.45) is 2.43. The lowest BCUT2D eigenvalue weighted by atomic mass is 10.1. The molecule has 0 unspecified atom stereocenters. The summed E-state index contributed by atoms with van der Waals surface area (Å²) in [7, 11) is 0. The second-order valence-electron chi connectivity index (χ2n) is 8.96. The number of amides is 1. The van der Waals surface area contributed by atoms with Crippen molar-refractivity contribution in [2.75, 3.05) is 49.6 Å². The zero-order valence-electron chi connectivity index (χ0n) is 19.0. The fraction of sp³-hybridized carbons (Fsp3) is 0.385. The van der Waals surface area contributed by atoms with E-state index in [-0.39, 0.29) is 11.5 Å². The molecule has 3 heterocycles. The van der Waals surface area contributed by atoms with Gasteiger partial charge in [0.05, 0.1) is 13.2 Å². The Kier molecular flexibility index (Phi) is 6.15. The Balaban J connectivity index is 1.40. The molecule has 2 fully saturated rings. The topological polar surface area (TPSA) is 77.7 Å². The molecule has 0 aliphatic carbocycles. The van der Waals surface area contributed by atoms with E-state index in [9.17, 15) is 9.59 Å². The molecule has 2 aliphatic heterocycles. The molecule has 0 radical (unpaired) electrons. The predicted molar refractivity (Wildman–Crippen MR) is 131 cm³/mol. The number of carbonyl (C=O) groups is 1. The maximum Gasteiger partial charge on any atom is 0.255 e. The summed E-state index contributed by atoms with van der Waals surface area (Å²) in [6, 6.07) is 13.2. The van der Waals surface area contributed by atoms with Gasteiger partial charge in [-0.25, -0.2) is 0 Å². The van der Waals surface area contributed by atoms with Gasteiger partial charge in [-0.05, 0) is 67.3 Å². The van der Waals surface area contributed by atoms with Crippen LogP contribution in [0.25, 0.3) is 10.9 Å². The highest BCUT2D eigenvalue weighted by molar-refractivity contribution is 6.05. The number of ether oxygens (including phenoxy) is 1. The lowest BCUT2D eigenvalue weighted by Crippen LogP contribution is -2.36. The van der Waals surface area contributed by atoms with Gasteiger partial charge in [0, 0.05) is 66.6 Å². The second-order valence-corrected chi connectivity index (χ2v) is 8.96. The number of rotatable bonds is 5. The third-order valence-electron chi connectivity index (χ3n) is 6.59. The van der Waals surface area contributed by atoms with E-state index in [1.165, 1.54) is 24.1 Å². The first-order valence-electron chi connectivity index (χ1n) is 11.7. The number of hydrogen-bond donors (Lipinski definition) is 2. The van der Waals surface area contributed by atoms with Crippen LogP contribution < -0.4 is 15.8 Å². The number of fused-ring (bicyclic) bond motifs is 1. The van der Waals surface area contributed by atoms with Crippen LogP contribution in [0.15, 0.2) is 47.3 Å². The first-order valence-corrected chi connectivity index (χ1v) is 11.7. The largest absolute Gasteiger partial charge is 0.379 e. The van der Waals surface area contributed by atoms with Crippen LogP contribution >= 0.6 is 0 Å². The highest BCUT2D eigenvalue weighted by atomic mass is 16.5. The van der Waals surface area contributed by atoms with Crippen molar-refractivity contribution in [1.29, 1.82) is 0 Å². The Hall–Kier alpha value is -3.16. The number of aromatic nitrogens is 1. The molecule has 2 aromatic carbocycles. The molecular weight excluding hydrogens is 416 g/mol. The molecule has 2 N–H and O–H groups in total. The first kappa shape index (κ1) is 21.7. The summed E-state index contributed by atoms with van der Waals surface area (Å²) in [6.45, 7) is 8.19. The van der Waals surface area contributed by atoms with Crippen LogP contribution in [0.5, 0.6) is 0 Å². The van der Waals surface area contributed by atoms with Gasteiger partial charge in [-0.3, -0.25) is 14.5 Å². The summed E-state index contributed by atoms with van der Waals surface area (Å²) in [5, 5.41) is 3.95. The third-order valence-corrected chi connectivity index (χ3v) is 6.59. The van der Waals surface area contributed by atoms with Crippen molar-refractivity contribution >= 4 is 28.2 Å². The summed E-state index contributed by atoms with van der Waals surface area (Å²) < 4.78 is 5.51. The average Bonchev–Trinajstić information content (AvgIpc) is 3.35. The van der Waals surface area contributed by atoms with Crippen molar-refractivity contribution in [2.24, 2.45) is 0 Å². The van der Waals surface area contributed by atoms with Crippen LogP contribution in [0.4, 0.5) is 11.4 Å². The average molecular weight is 447 g/mol. The minimum absolute atomic E-state index is 0.123. The molecule has 5 rings (SSSR count). The van der Waals surface area contributed by atoms with Crippen LogP contribution in [0.2, 0.25) is 0 Å². The fourth-order valence-electron chi connectivity index (χ4n) is 4.82. The number of aryl methyl sites for hydroxylation is 1. The summed E-state index contributed by atoms with van der Waals surface area (Å²) in [5.74, 6) is -0.132. The molecular formula is C26H30N4O3. The Labute approximate surface area is 193 Å². The number of aromatic amines is 1. The van der Waals surface area contributed by atoms with E-state index in [1.807, 2.05) is 37.3 Å². The lowest BCUT2D eigenvalue weighted by Gasteiger charge is -2.29. The fourth-order valence-corrected chi connectivity index (χ4v) is 4.82. The van der Waals surface area contributed by atoms with E-state index >= 15 is 0 Å². The van der Waals surface area contributed by atoms with Crippen molar-refractivity contribution in [3.8, 4) is 0 Å². The molecule has 7 heteroatoms. The Morgan fingerprint density at radius 2 is 1.82 bits per heavy atom. The molecule has 172 valence electrons. The van der Waals surface area contributed by atoms with E-state index in [1.54, 1.807) is 6.07 Å². The number of nitrogens with zero attached hydrogens (tertiary/aromatic N) is 2. The summed E-state index contributed by atoms with van der Waals surface area (Å²) >= 11 is 0. The number of benzene rings is 2. The van der Waals surface area contributed by atoms with E-state index in [2.05, 4.69) is 26.2 Å². The van der Waals surface area contributed by atoms with Crippen molar-refractivity contribution in [1.82, 2.24) is 9.88 Å². The molecule has 1 amide bonds. The number of morpholine rings is 1. The van der Waals surface area contributed by atoms with Gasteiger partial charge in [0.2, 0.25) is 5.56 Å². The molecule has 2 aliphatic rings. The molecule has 1 aromatic heterocycles. The van der Waals surface area contributed by atoms with Crippen LogP contribution in [0.1, 0.15) is 34.3 Å². The van der Waals surface area contributed by atoms with Gasteiger partial charge < -0.3 is 19.9 Å². The Bertz CT molecular complexity index is 1220. The molecule has 7 nitrogen and oxygen atoms in total. The molecule has 3 aromatic rings. The minimum Gasteiger partial charge on any atom is -0.379 e. The van der Waals surface area contributed by atoms with Crippen molar-refractivity contribution in [3.05, 3.63) is 69.5 Å². The smallest absolute Gasteiger partial charge is 0.255 e. The maximum absolute atomic E-state index is 13.2. The van der Waals surface area contributed by atoms with Gasteiger partial charge >= 0.3 is 0 Å². The quantitative estimate of drug-likeness (QED) is 0.627. The molecule has 33 heavy (non-hydrogen) atoms. The SMILES string of the molecule is Cc1cc(=O)[nH]c2ccc(NC(=O)c3ccc(N4CCCC4)c(CN4CCOCC4)c3)cc12. The van der Waals surface area contributed by atoms with Crippen LogP contribution in [0, 0.1) is 6.92 Å². The molecule has 0 saturated carbocycles. The highest BCUT2D eigenvalue weighted by Crippen LogP contribution is 2.28. The summed E-state index contributed by atoms with van der Waals surface area (Å²) in [5.41, 5.74) is 5.32. The van der Waals surface area contributed by atoms with Crippen LogP contribution in [-0.4, -0.2) is 55.2 Å². The summed E-state index contributed by atoms with van der Waals surface area (Å²) in [4.78, 5) is 32.5. The van der Waals surface area contributed by atoms with E-state index in [0.29, 0.717) is 11.3 Å². The number of carbonyl (C=O) groups excluding carboxylic acids is 1. The van der Waals surface area contributed by atoms with Gasteiger partial charge in [0.15, 0.2) is 0 Å². The van der Waals surface area contributed by atoms with Crippen molar-refractivity contribution < 1.29 is 9.53 Å². The highest BCUT2D eigenvalue weighted by Gasteiger charge is 2.20. The molecule has 0 atom stereocenters. The number of anilines is 2. The van der Waals surface area contributed by atoms with Crippen molar-refractivity contribution in [3.63, 3.8) is 0 Å². The molecule has 2 saturated heterocycles.